The summed E-state index contributed by atoms with van der Waals surface area (Å²) in [5.74, 6) is -1.04. The maximum Gasteiger partial charge on any atom is 0.359 e. The molecule has 3 heteroatoms. The first-order chi connectivity index (χ1) is 8.72. The molecular weight excluding hydrogens is 228 g/mol. The lowest BCUT2D eigenvalue weighted by atomic mass is 10.2. The summed E-state index contributed by atoms with van der Waals surface area (Å²) >= 11 is 0. The minimum Gasteiger partial charge on any atom is -0.298 e. The van der Waals surface area contributed by atoms with Crippen molar-refractivity contribution in [1.29, 1.82) is 0 Å². The molecule has 0 spiro atoms. The van der Waals surface area contributed by atoms with Crippen molar-refractivity contribution in [2.24, 2.45) is 0 Å². The van der Waals surface area contributed by atoms with Gasteiger partial charge in [-0.15, -0.1) is 0 Å². The smallest absolute Gasteiger partial charge is 0.298 e. The van der Waals surface area contributed by atoms with E-state index < -0.39 is 5.97 Å². The topological polar surface area (TPSA) is 54.0 Å². The van der Waals surface area contributed by atoms with Crippen molar-refractivity contribution in [3.05, 3.63) is 71.8 Å². The highest BCUT2D eigenvalue weighted by molar-refractivity contribution is 5.74. The van der Waals surface area contributed by atoms with Gasteiger partial charge in [0, 0.05) is 5.56 Å². The first-order valence-electron chi connectivity index (χ1n) is 5.46. The number of rotatable bonds is 3. The Morgan fingerprint density at radius 1 is 0.889 bits per heavy atom. The molecule has 0 fully saturated rings. The largest absolute Gasteiger partial charge is 0.359 e. The van der Waals surface area contributed by atoms with Crippen LogP contribution in [0, 0.1) is 0 Å². The predicted octanol–water partition coefficient (Wildman–Crippen LogP) is 2.69. The molecule has 0 saturated heterocycles. The third-order valence-electron chi connectivity index (χ3n) is 2.13. The Morgan fingerprint density at radius 2 is 1.39 bits per heavy atom. The van der Waals surface area contributed by atoms with Gasteiger partial charge in [-0.25, -0.2) is 9.90 Å². The molecule has 0 aliphatic heterocycles. The summed E-state index contributed by atoms with van der Waals surface area (Å²) in [6.07, 6.45) is 0.834. The van der Waals surface area contributed by atoms with Crippen molar-refractivity contribution >= 4 is 12.3 Å². The van der Waals surface area contributed by atoms with Gasteiger partial charge in [-0.2, -0.15) is 0 Å². The fourth-order valence-electron chi connectivity index (χ4n) is 1.29. The SMILES string of the molecule is O=Cc1ccccc1.[O]C(=O)Cc1ccccc1. The summed E-state index contributed by atoms with van der Waals surface area (Å²) in [6, 6.07) is 18.1. The highest BCUT2D eigenvalue weighted by Crippen LogP contribution is 1.98. The van der Waals surface area contributed by atoms with Crippen molar-refractivity contribution in [1.82, 2.24) is 0 Å². The average molecular weight is 241 g/mol. The van der Waals surface area contributed by atoms with Gasteiger partial charge in [-0.3, -0.25) is 4.79 Å². The van der Waals surface area contributed by atoms with E-state index in [2.05, 4.69) is 0 Å². The van der Waals surface area contributed by atoms with Crippen LogP contribution < -0.4 is 0 Å². The Kier molecular flexibility index (Phi) is 5.90. The summed E-state index contributed by atoms with van der Waals surface area (Å²) < 4.78 is 0. The van der Waals surface area contributed by atoms with Crippen LogP contribution >= 0.6 is 0 Å². The highest BCUT2D eigenvalue weighted by Gasteiger charge is 1.99. The molecule has 0 bridgehead atoms. The van der Waals surface area contributed by atoms with Crippen molar-refractivity contribution in [2.45, 2.75) is 6.42 Å². The summed E-state index contributed by atoms with van der Waals surface area (Å²) in [7, 11) is 0. The zero-order valence-electron chi connectivity index (χ0n) is 9.78. The molecular formula is C15H13O3. The van der Waals surface area contributed by atoms with Crippen molar-refractivity contribution in [3.8, 4) is 0 Å². The van der Waals surface area contributed by atoms with Crippen molar-refractivity contribution < 1.29 is 14.7 Å². The first kappa shape index (κ1) is 13.6. The lowest BCUT2D eigenvalue weighted by molar-refractivity contribution is -0.142. The molecule has 3 nitrogen and oxygen atoms in total. The number of aldehydes is 1. The number of carbonyl (C=O) groups is 2. The Bertz CT molecular complexity index is 478. The lowest BCUT2D eigenvalue weighted by Crippen LogP contribution is -1.96. The van der Waals surface area contributed by atoms with Crippen LogP contribution in [0.4, 0.5) is 0 Å². The maximum atomic E-state index is 10.1. The van der Waals surface area contributed by atoms with E-state index >= 15 is 0 Å². The molecule has 0 atom stereocenters. The Balaban J connectivity index is 0.000000184. The Labute approximate surface area is 106 Å². The third kappa shape index (κ3) is 5.61. The number of benzene rings is 2. The number of carbonyl (C=O) groups excluding carboxylic acids is 2. The number of hydrogen-bond donors (Lipinski definition) is 0. The minimum atomic E-state index is -1.04. The second-order valence-corrected chi connectivity index (χ2v) is 3.56. The molecule has 0 amide bonds. The maximum absolute atomic E-state index is 10.1. The van der Waals surface area contributed by atoms with E-state index in [0.717, 1.165) is 17.4 Å². The van der Waals surface area contributed by atoms with Crippen LogP contribution in [0.15, 0.2) is 60.7 Å². The van der Waals surface area contributed by atoms with E-state index in [9.17, 15) is 14.7 Å². The van der Waals surface area contributed by atoms with Crippen LogP contribution in [-0.2, 0) is 16.3 Å². The van der Waals surface area contributed by atoms with Gasteiger partial charge in [-0.05, 0) is 5.56 Å². The van der Waals surface area contributed by atoms with Gasteiger partial charge >= 0.3 is 5.97 Å². The van der Waals surface area contributed by atoms with Crippen LogP contribution in [0.2, 0.25) is 0 Å². The van der Waals surface area contributed by atoms with Gasteiger partial charge in [0.25, 0.3) is 0 Å². The van der Waals surface area contributed by atoms with Crippen molar-refractivity contribution in [3.63, 3.8) is 0 Å². The van der Waals surface area contributed by atoms with Crippen molar-refractivity contribution in [2.75, 3.05) is 0 Å². The molecule has 0 unspecified atom stereocenters. The molecule has 2 aromatic carbocycles. The van der Waals surface area contributed by atoms with Gasteiger partial charge in [-0.1, -0.05) is 60.7 Å². The summed E-state index contributed by atoms with van der Waals surface area (Å²) in [6.45, 7) is 0. The minimum absolute atomic E-state index is 0.000833. The van der Waals surface area contributed by atoms with E-state index in [0.29, 0.717) is 0 Å². The second kappa shape index (κ2) is 7.79. The fourth-order valence-corrected chi connectivity index (χ4v) is 1.29. The highest BCUT2D eigenvalue weighted by atomic mass is 16.4. The predicted molar refractivity (Wildman–Crippen MR) is 67.7 cm³/mol. The Hall–Kier alpha value is -2.42. The van der Waals surface area contributed by atoms with Gasteiger partial charge < -0.3 is 0 Å². The van der Waals surface area contributed by atoms with Crippen LogP contribution in [0.25, 0.3) is 0 Å². The first-order valence-corrected chi connectivity index (χ1v) is 5.46. The van der Waals surface area contributed by atoms with E-state index in [1.165, 1.54) is 0 Å². The molecule has 0 N–H and O–H groups in total. The van der Waals surface area contributed by atoms with Gasteiger partial charge in [0.05, 0.1) is 6.42 Å². The van der Waals surface area contributed by atoms with Crippen LogP contribution in [0.5, 0.6) is 0 Å². The van der Waals surface area contributed by atoms with Gasteiger partial charge in [0.2, 0.25) is 0 Å². The molecule has 0 saturated carbocycles. The van der Waals surface area contributed by atoms with Crippen LogP contribution in [0.1, 0.15) is 15.9 Å². The summed E-state index contributed by atoms with van der Waals surface area (Å²) in [4.78, 5) is 20.1. The summed E-state index contributed by atoms with van der Waals surface area (Å²) in [5, 5.41) is 10.1. The number of hydrogen-bond acceptors (Lipinski definition) is 2. The summed E-state index contributed by atoms with van der Waals surface area (Å²) in [5.41, 5.74) is 1.51. The monoisotopic (exact) mass is 241 g/mol. The molecule has 0 aliphatic rings. The molecule has 18 heavy (non-hydrogen) atoms. The van der Waals surface area contributed by atoms with E-state index in [1.807, 2.05) is 24.3 Å². The van der Waals surface area contributed by atoms with E-state index in [-0.39, 0.29) is 6.42 Å². The normalized spacial score (nSPS) is 8.89. The Morgan fingerprint density at radius 3 is 1.78 bits per heavy atom. The van der Waals surface area contributed by atoms with Gasteiger partial charge in [0.15, 0.2) is 0 Å². The standard InChI is InChI=1S/C8H7O2.C7H6O/c9-8(10)6-7-4-2-1-3-5-7;8-6-7-4-2-1-3-5-7/h1-5H,6H2;1-6H. The quantitative estimate of drug-likeness (QED) is 0.776. The van der Waals surface area contributed by atoms with Crippen LogP contribution in [-0.4, -0.2) is 12.3 Å². The van der Waals surface area contributed by atoms with Crippen LogP contribution in [0.3, 0.4) is 0 Å². The second-order valence-electron chi connectivity index (χ2n) is 3.56. The molecule has 2 aromatic rings. The zero-order chi connectivity index (χ0) is 13.2. The lowest BCUT2D eigenvalue weighted by Gasteiger charge is -1.90. The molecule has 0 heterocycles. The van der Waals surface area contributed by atoms with Gasteiger partial charge in [0.1, 0.15) is 6.29 Å². The molecule has 91 valence electrons. The molecule has 1 radical (unpaired) electrons. The molecule has 2 rings (SSSR count). The zero-order valence-corrected chi connectivity index (χ0v) is 9.78. The third-order valence-corrected chi connectivity index (χ3v) is 2.13. The average Bonchev–Trinajstić information content (AvgIpc) is 2.41. The fraction of sp³-hybridized carbons (Fsp3) is 0.0667. The van der Waals surface area contributed by atoms with E-state index in [1.54, 1.807) is 36.4 Å². The molecule has 0 aromatic heterocycles. The molecule has 0 aliphatic carbocycles. The van der Waals surface area contributed by atoms with E-state index in [4.69, 9.17) is 0 Å².